The van der Waals surface area contributed by atoms with Gasteiger partial charge >= 0.3 is 0 Å². The van der Waals surface area contributed by atoms with E-state index in [4.69, 9.17) is 10.2 Å². The average Bonchev–Trinajstić information content (AvgIpc) is 2.90. The van der Waals surface area contributed by atoms with E-state index in [0.717, 1.165) is 17.7 Å². The lowest BCUT2D eigenvalue weighted by atomic mass is 10.1. The van der Waals surface area contributed by atoms with Gasteiger partial charge in [-0.2, -0.15) is 0 Å². The fourth-order valence-corrected chi connectivity index (χ4v) is 3.45. The highest BCUT2D eigenvalue weighted by atomic mass is 32.2. The van der Waals surface area contributed by atoms with Crippen molar-refractivity contribution in [3.63, 3.8) is 0 Å². The van der Waals surface area contributed by atoms with Crippen molar-refractivity contribution in [2.75, 3.05) is 5.73 Å². The molecule has 0 saturated carbocycles. The average molecular weight is 308 g/mol. The van der Waals surface area contributed by atoms with Crippen LogP contribution in [0.15, 0.2) is 45.9 Å². The van der Waals surface area contributed by atoms with Crippen molar-refractivity contribution in [1.82, 2.24) is 4.72 Å². The van der Waals surface area contributed by atoms with Crippen LogP contribution in [0.3, 0.4) is 0 Å². The molecule has 114 valence electrons. The van der Waals surface area contributed by atoms with Crippen molar-refractivity contribution in [2.24, 2.45) is 0 Å². The van der Waals surface area contributed by atoms with E-state index in [0.29, 0.717) is 12.1 Å². The molecule has 5 nitrogen and oxygen atoms in total. The Morgan fingerprint density at radius 1 is 1.33 bits per heavy atom. The number of furan rings is 1. The van der Waals surface area contributed by atoms with Crippen LogP contribution < -0.4 is 10.5 Å². The Labute approximate surface area is 125 Å². The SMILES string of the molecule is CCc1ccc(S(=O)(=O)NC(C)Cc2ccco2)cc1N. The summed E-state index contributed by atoms with van der Waals surface area (Å²) in [5.41, 5.74) is 7.30. The number of aryl methyl sites for hydroxylation is 1. The predicted octanol–water partition coefficient (Wildman–Crippen LogP) is 2.33. The summed E-state index contributed by atoms with van der Waals surface area (Å²) in [5.74, 6) is 0.742. The maximum atomic E-state index is 12.3. The third-order valence-corrected chi connectivity index (χ3v) is 4.84. The van der Waals surface area contributed by atoms with Gasteiger partial charge in [0.15, 0.2) is 0 Å². The van der Waals surface area contributed by atoms with Gasteiger partial charge in [0.05, 0.1) is 11.2 Å². The zero-order chi connectivity index (χ0) is 15.5. The monoisotopic (exact) mass is 308 g/mol. The standard InChI is InChI=1S/C15H20N2O3S/c1-3-12-6-7-14(10-15(12)16)21(18,19)17-11(2)9-13-5-4-8-20-13/h4-8,10-11,17H,3,9,16H2,1-2H3. The van der Waals surface area contributed by atoms with Gasteiger partial charge in [0.25, 0.3) is 0 Å². The highest BCUT2D eigenvalue weighted by Crippen LogP contribution is 2.19. The third-order valence-electron chi connectivity index (χ3n) is 3.25. The van der Waals surface area contributed by atoms with Crippen LogP contribution in [-0.2, 0) is 22.9 Å². The fourth-order valence-electron chi connectivity index (χ4n) is 2.17. The number of benzene rings is 1. The summed E-state index contributed by atoms with van der Waals surface area (Å²) in [6, 6.07) is 8.16. The molecule has 1 aromatic heterocycles. The maximum absolute atomic E-state index is 12.3. The molecule has 21 heavy (non-hydrogen) atoms. The molecule has 1 heterocycles. The second-order valence-corrected chi connectivity index (χ2v) is 6.73. The smallest absolute Gasteiger partial charge is 0.240 e. The van der Waals surface area contributed by atoms with E-state index in [1.54, 1.807) is 31.4 Å². The molecule has 0 spiro atoms. The second kappa shape index (κ2) is 6.32. The van der Waals surface area contributed by atoms with Gasteiger partial charge in [-0.25, -0.2) is 13.1 Å². The van der Waals surface area contributed by atoms with Gasteiger partial charge in [-0.3, -0.25) is 0 Å². The molecule has 1 unspecified atom stereocenters. The number of rotatable bonds is 6. The second-order valence-electron chi connectivity index (χ2n) is 5.02. The van der Waals surface area contributed by atoms with Crippen LogP contribution >= 0.6 is 0 Å². The molecule has 0 radical (unpaired) electrons. The lowest BCUT2D eigenvalue weighted by Crippen LogP contribution is -2.34. The van der Waals surface area contributed by atoms with Crippen molar-refractivity contribution in [2.45, 2.75) is 37.6 Å². The lowest BCUT2D eigenvalue weighted by molar-refractivity contribution is 0.479. The zero-order valence-electron chi connectivity index (χ0n) is 12.2. The number of hydrogen-bond donors (Lipinski definition) is 2. The minimum atomic E-state index is -3.58. The first-order valence-electron chi connectivity index (χ1n) is 6.85. The van der Waals surface area contributed by atoms with Gasteiger partial charge in [-0.05, 0) is 43.2 Å². The van der Waals surface area contributed by atoms with E-state index in [-0.39, 0.29) is 10.9 Å². The molecule has 3 N–H and O–H groups in total. The topological polar surface area (TPSA) is 85.3 Å². The van der Waals surface area contributed by atoms with Gasteiger partial charge in [-0.15, -0.1) is 0 Å². The highest BCUT2D eigenvalue weighted by Gasteiger charge is 2.19. The molecule has 2 rings (SSSR count). The van der Waals surface area contributed by atoms with E-state index >= 15 is 0 Å². The van der Waals surface area contributed by atoms with E-state index < -0.39 is 10.0 Å². The molecule has 0 aliphatic carbocycles. The maximum Gasteiger partial charge on any atom is 0.240 e. The molecule has 0 bridgehead atoms. The van der Waals surface area contributed by atoms with Crippen LogP contribution in [0.2, 0.25) is 0 Å². The van der Waals surface area contributed by atoms with Gasteiger partial charge in [0.1, 0.15) is 5.76 Å². The molecule has 0 saturated heterocycles. The number of hydrogen-bond acceptors (Lipinski definition) is 4. The summed E-state index contributed by atoms with van der Waals surface area (Å²) < 4.78 is 32.5. The summed E-state index contributed by atoms with van der Waals surface area (Å²) in [6.45, 7) is 3.77. The summed E-state index contributed by atoms with van der Waals surface area (Å²) in [6.07, 6.45) is 2.84. The van der Waals surface area contributed by atoms with E-state index in [1.165, 1.54) is 6.07 Å². The van der Waals surface area contributed by atoms with Crippen molar-refractivity contribution in [1.29, 1.82) is 0 Å². The first kappa shape index (κ1) is 15.6. The molecule has 2 aromatic rings. The summed E-state index contributed by atoms with van der Waals surface area (Å²) in [4.78, 5) is 0.184. The normalized spacial score (nSPS) is 13.2. The van der Waals surface area contributed by atoms with Gasteiger partial charge < -0.3 is 10.2 Å². The Kier molecular flexibility index (Phi) is 4.69. The van der Waals surface area contributed by atoms with Crippen LogP contribution in [0.4, 0.5) is 5.69 Å². The van der Waals surface area contributed by atoms with Crippen molar-refractivity contribution >= 4 is 15.7 Å². The number of anilines is 1. The van der Waals surface area contributed by atoms with Crippen LogP contribution in [0.1, 0.15) is 25.2 Å². The van der Waals surface area contributed by atoms with E-state index in [2.05, 4.69) is 4.72 Å². The van der Waals surface area contributed by atoms with Gasteiger partial charge in [-0.1, -0.05) is 13.0 Å². The van der Waals surface area contributed by atoms with E-state index in [9.17, 15) is 8.42 Å². The number of nitrogens with one attached hydrogen (secondary N) is 1. The third kappa shape index (κ3) is 3.86. The zero-order valence-corrected chi connectivity index (χ0v) is 13.0. The van der Waals surface area contributed by atoms with Gasteiger partial charge in [0.2, 0.25) is 10.0 Å². The van der Waals surface area contributed by atoms with Crippen LogP contribution in [0, 0.1) is 0 Å². The molecule has 0 amide bonds. The number of nitrogens with two attached hydrogens (primary N) is 1. The van der Waals surface area contributed by atoms with Crippen LogP contribution in [0.25, 0.3) is 0 Å². The Bertz CT molecular complexity index is 694. The van der Waals surface area contributed by atoms with Gasteiger partial charge in [0, 0.05) is 18.2 Å². The summed E-state index contributed by atoms with van der Waals surface area (Å²) in [7, 11) is -3.58. The fraction of sp³-hybridized carbons (Fsp3) is 0.333. The Balaban J connectivity index is 2.12. The first-order chi connectivity index (χ1) is 9.92. The molecule has 6 heteroatoms. The minimum Gasteiger partial charge on any atom is -0.469 e. The van der Waals surface area contributed by atoms with Crippen molar-refractivity contribution in [3.8, 4) is 0 Å². The van der Waals surface area contributed by atoms with Crippen LogP contribution in [-0.4, -0.2) is 14.5 Å². The number of sulfonamides is 1. The quantitative estimate of drug-likeness (QED) is 0.802. The van der Waals surface area contributed by atoms with E-state index in [1.807, 2.05) is 13.0 Å². The molecule has 0 fully saturated rings. The molecular weight excluding hydrogens is 288 g/mol. The minimum absolute atomic E-state index is 0.184. The largest absolute Gasteiger partial charge is 0.469 e. The Morgan fingerprint density at radius 2 is 2.10 bits per heavy atom. The summed E-state index contributed by atoms with van der Waals surface area (Å²) in [5, 5.41) is 0. The first-order valence-corrected chi connectivity index (χ1v) is 8.34. The van der Waals surface area contributed by atoms with Crippen LogP contribution in [0.5, 0.6) is 0 Å². The molecule has 1 atom stereocenters. The Morgan fingerprint density at radius 3 is 2.67 bits per heavy atom. The Hall–Kier alpha value is -1.79. The summed E-state index contributed by atoms with van der Waals surface area (Å²) >= 11 is 0. The molecule has 0 aliphatic heterocycles. The lowest BCUT2D eigenvalue weighted by Gasteiger charge is -2.14. The molecular formula is C15H20N2O3S. The predicted molar refractivity (Wildman–Crippen MR) is 82.4 cm³/mol. The highest BCUT2D eigenvalue weighted by molar-refractivity contribution is 7.89. The molecule has 1 aromatic carbocycles. The van der Waals surface area contributed by atoms with Crippen molar-refractivity contribution < 1.29 is 12.8 Å². The number of nitrogen functional groups attached to an aromatic ring is 1. The molecule has 0 aliphatic rings. The van der Waals surface area contributed by atoms with Crippen molar-refractivity contribution in [3.05, 3.63) is 47.9 Å².